The molecular formula is C32H18N12. The van der Waals surface area contributed by atoms with Gasteiger partial charge in [-0.05, 0) is 13.8 Å². The highest BCUT2D eigenvalue weighted by Gasteiger charge is 2.18. The maximum atomic E-state index is 4.98. The van der Waals surface area contributed by atoms with E-state index < -0.39 is 0 Å². The van der Waals surface area contributed by atoms with Gasteiger partial charge in [-0.3, -0.25) is 29.9 Å². The Balaban J connectivity index is 1.17. The molecule has 9 rings (SSSR count). The summed E-state index contributed by atoms with van der Waals surface area (Å²) in [5.74, 6) is 0. The average molecular weight is 571 g/mol. The van der Waals surface area contributed by atoms with Crippen LogP contribution in [-0.2, 0) is 0 Å². The second-order valence-electron chi connectivity index (χ2n) is 10.4. The van der Waals surface area contributed by atoms with Crippen LogP contribution in [0, 0.1) is 13.8 Å². The lowest BCUT2D eigenvalue weighted by molar-refractivity contribution is 1.18. The highest BCUT2D eigenvalue weighted by molar-refractivity contribution is 6.19. The first kappa shape index (κ1) is 24.3. The standard InChI is InChI=1S/C32H18N12/c1-15-11-37-27-29(41-15)23-21(33-7-9-35-23)25-31(27)43-19(13-39-25)17-3-5-18(6-4-17)20-14-40-26-22-24(36-10-8-34-22)30-28(32(26)44-20)38-12-16(2)42-30/h3-14H,1-2H3. The molecule has 0 N–H and O–H groups in total. The normalized spacial score (nSPS) is 11.9. The van der Waals surface area contributed by atoms with E-state index in [-0.39, 0.29) is 0 Å². The molecular weight excluding hydrogens is 552 g/mol. The first-order valence-corrected chi connectivity index (χ1v) is 13.8. The second-order valence-corrected chi connectivity index (χ2v) is 10.4. The number of aryl methyl sites for hydroxylation is 2. The van der Waals surface area contributed by atoms with Crippen molar-refractivity contribution in [1.82, 2.24) is 59.8 Å². The van der Waals surface area contributed by atoms with Crippen LogP contribution in [0.1, 0.15) is 11.4 Å². The number of hydrogen-bond donors (Lipinski definition) is 0. The van der Waals surface area contributed by atoms with Crippen molar-refractivity contribution in [1.29, 1.82) is 0 Å². The Morgan fingerprint density at radius 1 is 0.318 bits per heavy atom. The molecule has 0 radical (unpaired) electrons. The fourth-order valence-corrected chi connectivity index (χ4v) is 5.55. The summed E-state index contributed by atoms with van der Waals surface area (Å²) >= 11 is 0. The Morgan fingerprint density at radius 2 is 0.614 bits per heavy atom. The van der Waals surface area contributed by atoms with Crippen molar-refractivity contribution in [3.8, 4) is 22.5 Å². The van der Waals surface area contributed by atoms with Gasteiger partial charge in [0.2, 0.25) is 0 Å². The summed E-state index contributed by atoms with van der Waals surface area (Å²) < 4.78 is 0. The molecule has 0 aliphatic heterocycles. The lowest BCUT2D eigenvalue weighted by atomic mass is 10.1. The number of aromatic nitrogens is 12. The molecule has 0 bridgehead atoms. The summed E-state index contributed by atoms with van der Waals surface area (Å²) in [5, 5.41) is 0. The summed E-state index contributed by atoms with van der Waals surface area (Å²) in [6.07, 6.45) is 13.5. The molecule has 0 fully saturated rings. The third kappa shape index (κ3) is 3.57. The lowest BCUT2D eigenvalue weighted by Gasteiger charge is -2.10. The van der Waals surface area contributed by atoms with Crippen LogP contribution in [0.25, 0.3) is 88.7 Å². The summed E-state index contributed by atoms with van der Waals surface area (Å²) in [7, 11) is 0. The van der Waals surface area contributed by atoms with Crippen LogP contribution in [0.2, 0.25) is 0 Å². The van der Waals surface area contributed by atoms with Crippen molar-refractivity contribution in [2.45, 2.75) is 13.8 Å². The molecule has 0 atom stereocenters. The van der Waals surface area contributed by atoms with Gasteiger partial charge in [0, 0.05) is 48.3 Å². The third-order valence-corrected chi connectivity index (χ3v) is 7.55. The molecule has 206 valence electrons. The maximum absolute atomic E-state index is 4.98. The Labute approximate surface area is 247 Å². The van der Waals surface area contributed by atoms with Gasteiger partial charge in [-0.15, -0.1) is 0 Å². The lowest BCUT2D eigenvalue weighted by Crippen LogP contribution is -1.98. The average Bonchev–Trinajstić information content (AvgIpc) is 3.08. The minimum atomic E-state index is 0.626. The van der Waals surface area contributed by atoms with Crippen molar-refractivity contribution in [2.24, 2.45) is 0 Å². The second kappa shape index (κ2) is 9.10. The number of rotatable bonds is 2. The minimum Gasteiger partial charge on any atom is -0.251 e. The van der Waals surface area contributed by atoms with Crippen molar-refractivity contribution in [2.75, 3.05) is 0 Å². The summed E-state index contributed by atoms with van der Waals surface area (Å²) in [4.78, 5) is 56.3. The SMILES string of the molecule is Cc1cnc2c(n1)c1nccnc1c1ncc(-c3ccc(-c4cnc5c6nccnc6c6nc(C)cnc6c5n4)cc3)nc12. The van der Waals surface area contributed by atoms with Crippen molar-refractivity contribution in [3.63, 3.8) is 0 Å². The van der Waals surface area contributed by atoms with Crippen LogP contribution in [-0.4, -0.2) is 59.8 Å². The van der Waals surface area contributed by atoms with E-state index in [4.69, 9.17) is 29.9 Å². The fourth-order valence-electron chi connectivity index (χ4n) is 5.55. The molecule has 0 aliphatic rings. The van der Waals surface area contributed by atoms with Gasteiger partial charge in [-0.2, -0.15) is 0 Å². The molecule has 0 saturated carbocycles. The maximum Gasteiger partial charge on any atom is 0.120 e. The number of benzene rings is 3. The van der Waals surface area contributed by atoms with Gasteiger partial charge in [0.05, 0.1) is 35.2 Å². The Morgan fingerprint density at radius 3 is 1.02 bits per heavy atom. The Kier molecular flexibility index (Phi) is 5.03. The van der Waals surface area contributed by atoms with E-state index in [0.29, 0.717) is 77.6 Å². The monoisotopic (exact) mass is 570 g/mol. The largest absolute Gasteiger partial charge is 0.251 e. The van der Waals surface area contributed by atoms with E-state index in [1.807, 2.05) is 38.1 Å². The summed E-state index contributed by atoms with van der Waals surface area (Å²) in [6, 6.07) is 7.96. The topological polar surface area (TPSA) is 155 Å². The number of nitrogens with zero attached hydrogens (tertiary/aromatic N) is 12. The molecule has 9 aromatic rings. The van der Waals surface area contributed by atoms with Gasteiger partial charge in [-0.1, -0.05) is 24.3 Å². The molecule has 0 spiro atoms. The highest BCUT2D eigenvalue weighted by Crippen LogP contribution is 2.32. The van der Waals surface area contributed by atoms with Crippen LogP contribution in [0.15, 0.2) is 73.8 Å². The van der Waals surface area contributed by atoms with Gasteiger partial charge >= 0.3 is 0 Å². The zero-order valence-corrected chi connectivity index (χ0v) is 23.3. The number of fused-ring (bicyclic) bond motifs is 12. The first-order valence-electron chi connectivity index (χ1n) is 13.8. The molecule has 12 heteroatoms. The molecule has 3 aromatic carbocycles. The molecule has 0 amide bonds. The Hall–Kier alpha value is -6.30. The zero-order valence-electron chi connectivity index (χ0n) is 23.3. The molecule has 0 unspecified atom stereocenters. The van der Waals surface area contributed by atoms with Crippen LogP contribution in [0.5, 0.6) is 0 Å². The van der Waals surface area contributed by atoms with Gasteiger partial charge in [0.25, 0.3) is 0 Å². The quantitative estimate of drug-likeness (QED) is 0.248. The predicted molar refractivity (Wildman–Crippen MR) is 165 cm³/mol. The molecule has 6 aromatic heterocycles. The van der Waals surface area contributed by atoms with Gasteiger partial charge in [-0.25, -0.2) is 29.9 Å². The van der Waals surface area contributed by atoms with Crippen molar-refractivity contribution >= 4 is 66.2 Å². The highest BCUT2D eigenvalue weighted by atomic mass is 14.9. The first-order chi connectivity index (χ1) is 21.6. The van der Waals surface area contributed by atoms with Crippen LogP contribution in [0.3, 0.4) is 0 Å². The van der Waals surface area contributed by atoms with Crippen molar-refractivity contribution < 1.29 is 0 Å². The van der Waals surface area contributed by atoms with E-state index in [2.05, 4.69) is 29.9 Å². The fraction of sp³-hybridized carbons (Fsp3) is 0.0625. The van der Waals surface area contributed by atoms with Crippen LogP contribution >= 0.6 is 0 Å². The molecule has 12 nitrogen and oxygen atoms in total. The summed E-state index contributed by atoms with van der Waals surface area (Å²) in [5.41, 5.74) is 12.4. The van der Waals surface area contributed by atoms with Gasteiger partial charge < -0.3 is 0 Å². The van der Waals surface area contributed by atoms with Gasteiger partial charge in [0.1, 0.15) is 66.2 Å². The van der Waals surface area contributed by atoms with E-state index in [1.165, 1.54) is 0 Å². The molecule has 44 heavy (non-hydrogen) atoms. The van der Waals surface area contributed by atoms with E-state index in [9.17, 15) is 0 Å². The smallest absolute Gasteiger partial charge is 0.120 e. The summed E-state index contributed by atoms with van der Waals surface area (Å²) in [6.45, 7) is 3.80. The van der Waals surface area contributed by atoms with E-state index in [1.54, 1.807) is 49.6 Å². The third-order valence-electron chi connectivity index (χ3n) is 7.55. The number of hydrogen-bond acceptors (Lipinski definition) is 12. The van der Waals surface area contributed by atoms with Crippen LogP contribution in [0.4, 0.5) is 0 Å². The zero-order chi connectivity index (χ0) is 29.4. The Bertz CT molecular complexity index is 2460. The van der Waals surface area contributed by atoms with E-state index >= 15 is 0 Å². The van der Waals surface area contributed by atoms with E-state index in [0.717, 1.165) is 22.5 Å². The van der Waals surface area contributed by atoms with Gasteiger partial charge in [0.15, 0.2) is 0 Å². The minimum absolute atomic E-state index is 0.626. The van der Waals surface area contributed by atoms with Crippen LogP contribution < -0.4 is 0 Å². The molecule has 0 saturated heterocycles. The molecule has 6 heterocycles. The molecule has 0 aliphatic carbocycles. The van der Waals surface area contributed by atoms with Crippen molar-refractivity contribution in [3.05, 3.63) is 85.2 Å². The predicted octanol–water partition coefficient (Wildman–Crippen LogP) is 5.30.